The average Bonchev–Trinajstić information content (AvgIpc) is 3.66. The van der Waals surface area contributed by atoms with Crippen LogP contribution in [-0.2, 0) is 38.8 Å². The van der Waals surface area contributed by atoms with Gasteiger partial charge in [0.1, 0.15) is 18.1 Å². The summed E-state index contributed by atoms with van der Waals surface area (Å²) in [6.07, 6.45) is 4.14. The van der Waals surface area contributed by atoms with Crippen LogP contribution in [0.25, 0.3) is 0 Å². The number of carbonyl (C=O) groups excluding carboxylic acids is 7. The SMILES string of the molecule is CCCC(NC(=O)[C@@H]1CC(NS(=O)(=O)c2ccc(NC)cc2)CN1C(=O)C(NC(=O)NC(C)(C)C)C1CCCCC1)C(=O)C(=O)NCC(=O)NC(C(=O)N(C)C)c1ccccc1. The highest BCUT2D eigenvalue weighted by molar-refractivity contribution is 7.89. The van der Waals surface area contributed by atoms with Gasteiger partial charge in [-0.2, -0.15) is 0 Å². The van der Waals surface area contributed by atoms with Gasteiger partial charge in [0.25, 0.3) is 5.91 Å². The predicted octanol–water partition coefficient (Wildman–Crippen LogP) is 1.94. The fraction of sp³-hybridized carbons (Fsp3) is 0.558. The molecule has 0 aromatic heterocycles. The number of nitrogens with zero attached hydrogens (tertiary/aromatic N) is 2. The van der Waals surface area contributed by atoms with E-state index in [1.807, 2.05) is 0 Å². The molecule has 1 saturated heterocycles. The summed E-state index contributed by atoms with van der Waals surface area (Å²) in [5.41, 5.74) is 0.581. The molecule has 1 heterocycles. The maximum absolute atomic E-state index is 14.7. The van der Waals surface area contributed by atoms with Gasteiger partial charge in [-0.1, -0.05) is 62.9 Å². The number of amides is 7. The van der Waals surface area contributed by atoms with Crippen LogP contribution in [0.4, 0.5) is 10.5 Å². The molecule has 340 valence electrons. The van der Waals surface area contributed by atoms with Gasteiger partial charge < -0.3 is 41.7 Å². The number of likely N-dealkylation sites (N-methyl/N-ethyl adjacent to an activating group) is 1. The lowest BCUT2D eigenvalue weighted by atomic mass is 9.83. The number of carbonyl (C=O) groups is 7. The molecule has 1 aliphatic carbocycles. The van der Waals surface area contributed by atoms with Gasteiger partial charge in [0.2, 0.25) is 39.4 Å². The first-order chi connectivity index (χ1) is 29.2. The lowest BCUT2D eigenvalue weighted by Crippen LogP contribution is -2.60. The topological polar surface area (TPSA) is 244 Å². The van der Waals surface area contributed by atoms with E-state index in [9.17, 15) is 42.0 Å². The van der Waals surface area contributed by atoms with Crippen molar-refractivity contribution in [3.05, 3.63) is 60.2 Å². The minimum atomic E-state index is -4.14. The van der Waals surface area contributed by atoms with E-state index in [1.54, 1.807) is 77.2 Å². The highest BCUT2D eigenvalue weighted by atomic mass is 32.2. The van der Waals surface area contributed by atoms with E-state index in [2.05, 4.69) is 36.6 Å². The van der Waals surface area contributed by atoms with Crippen molar-refractivity contribution in [1.82, 2.24) is 41.1 Å². The summed E-state index contributed by atoms with van der Waals surface area (Å²) in [4.78, 5) is 97.5. The molecule has 2 fully saturated rings. The Hall–Kier alpha value is -5.56. The number of urea groups is 1. The fourth-order valence-corrected chi connectivity index (χ4v) is 8.92. The summed E-state index contributed by atoms with van der Waals surface area (Å²) >= 11 is 0. The number of hydrogen-bond donors (Lipinski definition) is 7. The molecule has 2 aromatic rings. The molecule has 62 heavy (non-hydrogen) atoms. The number of nitrogens with one attached hydrogen (secondary N) is 7. The van der Waals surface area contributed by atoms with Crippen molar-refractivity contribution in [2.75, 3.05) is 39.5 Å². The Morgan fingerprint density at radius 1 is 0.871 bits per heavy atom. The molecule has 5 atom stereocenters. The van der Waals surface area contributed by atoms with Crippen LogP contribution >= 0.6 is 0 Å². The number of anilines is 1. The van der Waals surface area contributed by atoms with E-state index in [1.165, 1.54) is 36.0 Å². The number of rotatable bonds is 18. The van der Waals surface area contributed by atoms with Gasteiger partial charge >= 0.3 is 6.03 Å². The quantitative estimate of drug-likeness (QED) is 0.107. The van der Waals surface area contributed by atoms with Gasteiger partial charge in [-0.15, -0.1) is 0 Å². The molecule has 0 bridgehead atoms. The van der Waals surface area contributed by atoms with Crippen LogP contribution in [0.15, 0.2) is 59.5 Å². The average molecular weight is 882 g/mol. The van der Waals surface area contributed by atoms with E-state index in [-0.39, 0.29) is 30.2 Å². The molecule has 2 aliphatic rings. The highest BCUT2D eigenvalue weighted by Gasteiger charge is 2.46. The van der Waals surface area contributed by atoms with Gasteiger partial charge in [-0.25, -0.2) is 17.9 Å². The second-order valence-corrected chi connectivity index (χ2v) is 18.8. The zero-order valence-electron chi connectivity index (χ0n) is 36.7. The molecule has 7 N–H and O–H groups in total. The molecular weight excluding hydrogens is 819 g/mol. The van der Waals surface area contributed by atoms with Gasteiger partial charge in [0, 0.05) is 45.0 Å². The van der Waals surface area contributed by atoms with Crippen molar-refractivity contribution in [1.29, 1.82) is 0 Å². The summed E-state index contributed by atoms with van der Waals surface area (Å²) in [5, 5.41) is 16.1. The Kier molecular flexibility index (Phi) is 17.4. The van der Waals surface area contributed by atoms with E-state index in [0.717, 1.165) is 19.3 Å². The van der Waals surface area contributed by atoms with E-state index in [0.29, 0.717) is 30.5 Å². The van der Waals surface area contributed by atoms with Crippen molar-refractivity contribution in [3.63, 3.8) is 0 Å². The van der Waals surface area contributed by atoms with Crippen LogP contribution < -0.4 is 36.6 Å². The third kappa shape index (κ3) is 13.7. The summed E-state index contributed by atoms with van der Waals surface area (Å²) in [7, 11) is 0.634. The maximum Gasteiger partial charge on any atom is 0.315 e. The van der Waals surface area contributed by atoms with Gasteiger partial charge in [0.05, 0.1) is 17.5 Å². The van der Waals surface area contributed by atoms with Crippen molar-refractivity contribution in [3.8, 4) is 0 Å². The number of benzene rings is 2. The first-order valence-electron chi connectivity index (χ1n) is 21.1. The first-order valence-corrected chi connectivity index (χ1v) is 22.6. The number of hydrogen-bond acceptors (Lipinski definition) is 10. The number of Topliss-reactive ketones (excluding diaryl/α,β-unsaturated/α-hetero) is 1. The van der Waals surface area contributed by atoms with E-state index >= 15 is 0 Å². The summed E-state index contributed by atoms with van der Waals surface area (Å²) in [6, 6.07) is 8.28. The molecule has 18 nitrogen and oxygen atoms in total. The molecule has 4 unspecified atom stereocenters. The zero-order valence-corrected chi connectivity index (χ0v) is 37.5. The first kappa shape index (κ1) is 49.1. The van der Waals surface area contributed by atoms with Gasteiger partial charge in [-0.3, -0.25) is 28.8 Å². The smallest absolute Gasteiger partial charge is 0.315 e. The Balaban J connectivity index is 1.56. The van der Waals surface area contributed by atoms with Crippen molar-refractivity contribution in [2.45, 2.75) is 120 Å². The number of ketones is 1. The van der Waals surface area contributed by atoms with Crippen molar-refractivity contribution >= 4 is 57.1 Å². The largest absolute Gasteiger partial charge is 0.388 e. The third-order valence-corrected chi connectivity index (χ3v) is 12.3. The lowest BCUT2D eigenvalue weighted by Gasteiger charge is -2.35. The molecular formula is C43H63N9O9S. The number of sulfonamides is 1. The van der Waals surface area contributed by atoms with Gasteiger partial charge in [0.15, 0.2) is 0 Å². The highest BCUT2D eigenvalue weighted by Crippen LogP contribution is 2.30. The van der Waals surface area contributed by atoms with Crippen LogP contribution in [0.5, 0.6) is 0 Å². The second kappa shape index (κ2) is 22.0. The minimum Gasteiger partial charge on any atom is -0.388 e. The Morgan fingerprint density at radius 2 is 1.52 bits per heavy atom. The molecule has 2 aromatic carbocycles. The van der Waals surface area contributed by atoms with E-state index in [4.69, 9.17) is 0 Å². The van der Waals surface area contributed by atoms with Gasteiger partial charge in [-0.05, 0) is 82.2 Å². The van der Waals surface area contributed by atoms with E-state index < -0.39 is 93.7 Å². The zero-order chi connectivity index (χ0) is 45.8. The van der Waals surface area contributed by atoms with Crippen LogP contribution in [0, 0.1) is 5.92 Å². The molecule has 0 radical (unpaired) electrons. The number of likely N-dealkylation sites (tertiary alicyclic amines) is 1. The lowest BCUT2D eigenvalue weighted by molar-refractivity contribution is -0.143. The summed E-state index contributed by atoms with van der Waals surface area (Å²) in [6.45, 7) is 6.26. The monoisotopic (exact) mass is 881 g/mol. The molecule has 0 spiro atoms. The van der Waals surface area contributed by atoms with Crippen LogP contribution in [0.3, 0.4) is 0 Å². The van der Waals surface area contributed by atoms with Crippen molar-refractivity contribution < 1.29 is 42.0 Å². The fourth-order valence-electron chi connectivity index (χ4n) is 7.68. The van der Waals surface area contributed by atoms with Crippen LogP contribution in [0.1, 0.15) is 90.7 Å². The molecule has 7 amide bonds. The molecule has 19 heteroatoms. The second-order valence-electron chi connectivity index (χ2n) is 17.1. The molecule has 1 aliphatic heterocycles. The summed E-state index contributed by atoms with van der Waals surface area (Å²) in [5.74, 6) is -4.99. The summed E-state index contributed by atoms with van der Waals surface area (Å²) < 4.78 is 29.8. The van der Waals surface area contributed by atoms with Crippen LogP contribution in [0.2, 0.25) is 0 Å². The van der Waals surface area contributed by atoms with Crippen LogP contribution in [-0.4, -0.2) is 124 Å². The Morgan fingerprint density at radius 3 is 2.10 bits per heavy atom. The Labute approximate surface area is 364 Å². The van der Waals surface area contributed by atoms with Crippen molar-refractivity contribution in [2.24, 2.45) is 5.92 Å². The Bertz CT molecular complexity index is 2020. The molecule has 4 rings (SSSR count). The minimum absolute atomic E-state index is 0.0240. The third-order valence-electron chi connectivity index (χ3n) is 10.8. The normalized spacial score (nSPS) is 18.3. The standard InChI is InChI=1S/C43H63N9O9S/c1-8-15-32(37(54)39(56)45-25-34(53)47-35(40(57)51(6)7)27-16-11-9-12-17-27)46-38(55)33-24-30(50-62(60,61)31-22-20-29(44-5)21-23-31)26-52(33)41(58)36(28-18-13-10-14-19-28)48-42(59)49-43(2,3)4/h9,11-12,16-17,20-23,28,30,32-33,35-36,44,50H,8,10,13-15,18-19,24-26H2,1-7H3,(H,45,56)(H,46,55)(H,47,53)(H2,48,49,59)/t30?,32?,33-,35?,36?/m0/s1. The predicted molar refractivity (Wildman–Crippen MR) is 233 cm³/mol. The maximum atomic E-state index is 14.7. The molecule has 1 saturated carbocycles.